The van der Waals surface area contributed by atoms with Gasteiger partial charge in [-0.1, -0.05) is 36.4 Å². The number of nitriles is 1. The molecule has 2 atom stereocenters. The number of primary amides is 1. The first-order valence-electron chi connectivity index (χ1n) is 10.8. The molecule has 3 rings (SSSR count). The fourth-order valence-electron chi connectivity index (χ4n) is 3.75. The fraction of sp³-hybridized carbons (Fsp3) is 0.333. The maximum absolute atomic E-state index is 12.9. The maximum atomic E-state index is 12.9. The molecule has 184 valence electrons. The van der Waals surface area contributed by atoms with Crippen molar-refractivity contribution in [1.82, 2.24) is 10.2 Å². The van der Waals surface area contributed by atoms with Gasteiger partial charge in [-0.3, -0.25) is 14.5 Å². The van der Waals surface area contributed by atoms with Gasteiger partial charge in [-0.05, 0) is 41.7 Å². The number of amides is 3. The highest BCUT2D eigenvalue weighted by molar-refractivity contribution is 5.87. The van der Waals surface area contributed by atoms with E-state index in [-0.39, 0.29) is 13.0 Å². The predicted octanol–water partition coefficient (Wildman–Crippen LogP) is 3.36. The minimum Gasteiger partial charge on any atom is -0.445 e. The summed E-state index contributed by atoms with van der Waals surface area (Å²) >= 11 is 0. The van der Waals surface area contributed by atoms with Crippen LogP contribution in [0.3, 0.4) is 0 Å². The van der Waals surface area contributed by atoms with E-state index in [1.165, 1.54) is 11.0 Å². The Morgan fingerprint density at radius 2 is 1.89 bits per heavy atom. The standard InChI is InChI=1S/C24H23F3N4O4/c25-24(26,27)18-4-1-3-17(11-18)16-8-6-15(7-9-16)14-35-23(34)31-10-2-5-20(31)22(33)30-19(13-28)12-21(29)32/h1,3-4,6-9,11,19-20H,2,5,10,12,14H2,(H2,29,32)(H,30,33)/t19-,20-/m0/s1. The van der Waals surface area contributed by atoms with E-state index < -0.39 is 41.7 Å². The molecular formula is C24H23F3N4O4. The molecule has 2 aromatic rings. The van der Waals surface area contributed by atoms with Crippen LogP contribution in [0.4, 0.5) is 18.0 Å². The molecule has 1 aliphatic heterocycles. The van der Waals surface area contributed by atoms with Crippen molar-refractivity contribution in [2.75, 3.05) is 6.54 Å². The Kier molecular flexibility index (Phi) is 7.96. The minimum absolute atomic E-state index is 0.102. The number of halogens is 3. The van der Waals surface area contributed by atoms with Gasteiger partial charge in [0.05, 0.1) is 18.1 Å². The van der Waals surface area contributed by atoms with Crippen molar-refractivity contribution in [1.29, 1.82) is 5.26 Å². The number of ether oxygens (including phenoxy) is 1. The van der Waals surface area contributed by atoms with Crippen molar-refractivity contribution < 1.29 is 32.3 Å². The average molecular weight is 488 g/mol. The minimum atomic E-state index is -4.44. The topological polar surface area (TPSA) is 126 Å². The Hall–Kier alpha value is -4.07. The molecule has 11 heteroatoms. The molecule has 0 aliphatic carbocycles. The molecule has 1 fully saturated rings. The Labute approximate surface area is 199 Å². The van der Waals surface area contributed by atoms with Gasteiger partial charge in [0, 0.05) is 6.54 Å². The zero-order valence-electron chi connectivity index (χ0n) is 18.5. The highest BCUT2D eigenvalue weighted by atomic mass is 19.4. The largest absolute Gasteiger partial charge is 0.445 e. The van der Waals surface area contributed by atoms with E-state index in [0.29, 0.717) is 36.1 Å². The van der Waals surface area contributed by atoms with E-state index in [0.717, 1.165) is 12.1 Å². The summed E-state index contributed by atoms with van der Waals surface area (Å²) in [5.74, 6) is -1.31. The van der Waals surface area contributed by atoms with Crippen LogP contribution in [0.2, 0.25) is 0 Å². The summed E-state index contributed by atoms with van der Waals surface area (Å²) in [6.45, 7) is 0.188. The van der Waals surface area contributed by atoms with E-state index in [2.05, 4.69) is 5.32 Å². The second kappa shape index (κ2) is 10.9. The molecule has 1 saturated heterocycles. The van der Waals surface area contributed by atoms with Crippen molar-refractivity contribution in [3.63, 3.8) is 0 Å². The number of carbonyl (C=O) groups excluding carboxylic acids is 3. The molecule has 1 heterocycles. The molecule has 2 aromatic carbocycles. The van der Waals surface area contributed by atoms with Crippen molar-refractivity contribution in [2.24, 2.45) is 5.73 Å². The molecule has 0 aromatic heterocycles. The second-order valence-corrected chi connectivity index (χ2v) is 8.04. The maximum Gasteiger partial charge on any atom is 0.416 e. The Morgan fingerprint density at radius 1 is 1.17 bits per heavy atom. The molecule has 0 bridgehead atoms. The Balaban J connectivity index is 1.58. The van der Waals surface area contributed by atoms with Gasteiger partial charge in [0.25, 0.3) is 0 Å². The van der Waals surface area contributed by atoms with Crippen molar-refractivity contribution in [2.45, 2.75) is 44.1 Å². The zero-order chi connectivity index (χ0) is 25.6. The molecule has 0 unspecified atom stereocenters. The number of nitrogens with two attached hydrogens (primary N) is 1. The molecule has 0 spiro atoms. The van der Waals surface area contributed by atoms with Crippen molar-refractivity contribution in [3.05, 3.63) is 59.7 Å². The van der Waals surface area contributed by atoms with Gasteiger partial charge in [-0.15, -0.1) is 0 Å². The quantitative estimate of drug-likeness (QED) is 0.618. The van der Waals surface area contributed by atoms with Gasteiger partial charge in [-0.25, -0.2) is 4.79 Å². The molecule has 0 saturated carbocycles. The van der Waals surface area contributed by atoms with E-state index in [9.17, 15) is 27.6 Å². The monoisotopic (exact) mass is 488 g/mol. The van der Waals surface area contributed by atoms with Crippen LogP contribution in [0, 0.1) is 11.3 Å². The highest BCUT2D eigenvalue weighted by Gasteiger charge is 2.36. The summed E-state index contributed by atoms with van der Waals surface area (Å²) in [7, 11) is 0. The van der Waals surface area contributed by atoms with Gasteiger partial charge in [0.2, 0.25) is 11.8 Å². The lowest BCUT2D eigenvalue weighted by atomic mass is 10.0. The van der Waals surface area contributed by atoms with Crippen LogP contribution in [0.25, 0.3) is 11.1 Å². The van der Waals surface area contributed by atoms with Gasteiger partial charge in [0.1, 0.15) is 18.7 Å². The van der Waals surface area contributed by atoms with Gasteiger partial charge in [0.15, 0.2) is 0 Å². The van der Waals surface area contributed by atoms with Crippen LogP contribution in [0.15, 0.2) is 48.5 Å². The number of benzene rings is 2. The lowest BCUT2D eigenvalue weighted by Crippen LogP contribution is -2.49. The normalized spacial score (nSPS) is 16.3. The summed E-state index contributed by atoms with van der Waals surface area (Å²) < 4.78 is 44.2. The van der Waals surface area contributed by atoms with Crippen LogP contribution in [0.1, 0.15) is 30.4 Å². The summed E-state index contributed by atoms with van der Waals surface area (Å²) in [5.41, 5.74) is 5.91. The van der Waals surface area contributed by atoms with E-state index in [1.54, 1.807) is 36.4 Å². The summed E-state index contributed by atoms with van der Waals surface area (Å²) in [4.78, 5) is 37.3. The third kappa shape index (κ3) is 6.72. The number of likely N-dealkylation sites (tertiary alicyclic amines) is 1. The van der Waals surface area contributed by atoms with Crippen LogP contribution in [-0.2, 0) is 27.1 Å². The number of hydrogen-bond acceptors (Lipinski definition) is 5. The van der Waals surface area contributed by atoms with Crippen LogP contribution >= 0.6 is 0 Å². The lowest BCUT2D eigenvalue weighted by Gasteiger charge is -2.24. The molecule has 35 heavy (non-hydrogen) atoms. The lowest BCUT2D eigenvalue weighted by molar-refractivity contribution is -0.137. The Morgan fingerprint density at radius 3 is 2.51 bits per heavy atom. The first kappa shape index (κ1) is 25.6. The molecule has 3 N–H and O–H groups in total. The smallest absolute Gasteiger partial charge is 0.416 e. The molecule has 1 aliphatic rings. The number of hydrogen-bond donors (Lipinski definition) is 2. The molecule has 0 radical (unpaired) electrons. The van der Waals surface area contributed by atoms with E-state index >= 15 is 0 Å². The van der Waals surface area contributed by atoms with E-state index in [1.807, 2.05) is 0 Å². The first-order valence-corrected chi connectivity index (χ1v) is 10.8. The average Bonchev–Trinajstić information content (AvgIpc) is 3.32. The summed E-state index contributed by atoms with van der Waals surface area (Å²) in [5, 5.41) is 11.5. The number of nitrogens with zero attached hydrogens (tertiary/aromatic N) is 2. The molecule has 3 amide bonds. The summed E-state index contributed by atoms with van der Waals surface area (Å²) in [6, 6.07) is 11.4. The van der Waals surface area contributed by atoms with Crippen LogP contribution in [0.5, 0.6) is 0 Å². The highest BCUT2D eigenvalue weighted by Crippen LogP contribution is 2.32. The Bertz CT molecular complexity index is 1130. The van der Waals surface area contributed by atoms with Crippen molar-refractivity contribution >= 4 is 17.9 Å². The van der Waals surface area contributed by atoms with Crippen LogP contribution in [-0.4, -0.2) is 41.4 Å². The zero-order valence-corrected chi connectivity index (χ0v) is 18.5. The van der Waals surface area contributed by atoms with Gasteiger partial charge < -0.3 is 15.8 Å². The van der Waals surface area contributed by atoms with E-state index in [4.69, 9.17) is 15.7 Å². The third-order valence-corrected chi connectivity index (χ3v) is 5.51. The van der Waals surface area contributed by atoms with Crippen LogP contribution < -0.4 is 11.1 Å². The molecule has 8 nitrogen and oxygen atoms in total. The SMILES string of the molecule is N#C[C@H](CC(N)=O)NC(=O)[C@@H]1CCCN1C(=O)OCc1ccc(-c2cccc(C(F)(F)F)c2)cc1. The number of carbonyl (C=O) groups is 3. The summed E-state index contributed by atoms with van der Waals surface area (Å²) in [6.07, 6.45) is -4.55. The third-order valence-electron chi connectivity index (χ3n) is 5.51. The van der Waals surface area contributed by atoms with Crippen molar-refractivity contribution in [3.8, 4) is 17.2 Å². The van der Waals surface area contributed by atoms with Gasteiger partial charge in [-0.2, -0.15) is 18.4 Å². The predicted molar refractivity (Wildman–Crippen MR) is 118 cm³/mol. The first-order chi connectivity index (χ1) is 16.6. The van der Waals surface area contributed by atoms with Gasteiger partial charge >= 0.3 is 12.3 Å². The number of alkyl halides is 3. The number of nitrogens with one attached hydrogen (secondary N) is 1. The number of rotatable bonds is 7. The molecular weight excluding hydrogens is 465 g/mol. The fourth-order valence-corrected chi connectivity index (χ4v) is 3.75. The second-order valence-electron chi connectivity index (χ2n) is 8.04.